The summed E-state index contributed by atoms with van der Waals surface area (Å²) in [6, 6.07) is 13.2. The molecule has 1 aliphatic rings. The van der Waals surface area contributed by atoms with Crippen LogP contribution >= 0.6 is 0 Å². The molecule has 0 N–H and O–H groups in total. The van der Waals surface area contributed by atoms with Gasteiger partial charge in [-0.3, -0.25) is 4.90 Å². The second kappa shape index (κ2) is 7.38. The number of nitrogens with zero attached hydrogens (tertiary/aromatic N) is 5. The van der Waals surface area contributed by atoms with Crippen molar-refractivity contribution in [1.29, 1.82) is 0 Å². The maximum Gasteiger partial charge on any atom is 0.160 e. The van der Waals surface area contributed by atoms with E-state index in [0.717, 1.165) is 22.8 Å². The minimum absolute atomic E-state index is 0.473. The summed E-state index contributed by atoms with van der Waals surface area (Å²) in [6.45, 7) is 4.73. The summed E-state index contributed by atoms with van der Waals surface area (Å²) in [6.07, 6.45) is 7.69. The predicted octanol–water partition coefficient (Wildman–Crippen LogP) is 4.09. The number of hydrogen-bond donors (Lipinski definition) is 0. The van der Waals surface area contributed by atoms with E-state index in [1.807, 2.05) is 29.9 Å². The minimum atomic E-state index is 0.473. The van der Waals surface area contributed by atoms with Crippen molar-refractivity contribution in [1.82, 2.24) is 24.6 Å². The molecule has 0 saturated carbocycles. The zero-order valence-corrected chi connectivity index (χ0v) is 15.5. The van der Waals surface area contributed by atoms with Crippen molar-refractivity contribution in [2.45, 2.75) is 32.2 Å². The van der Waals surface area contributed by atoms with E-state index in [0.29, 0.717) is 6.04 Å². The minimum Gasteiger partial charge on any atom is -0.333 e. The summed E-state index contributed by atoms with van der Waals surface area (Å²) in [7, 11) is 1.96. The van der Waals surface area contributed by atoms with Crippen LogP contribution in [0, 0.1) is 0 Å². The number of aryl methyl sites for hydroxylation is 1. The molecule has 3 aromatic rings. The van der Waals surface area contributed by atoms with Crippen molar-refractivity contribution >= 4 is 0 Å². The van der Waals surface area contributed by atoms with Crippen LogP contribution in [-0.4, -0.2) is 37.7 Å². The lowest BCUT2D eigenvalue weighted by atomic mass is 10.0. The molecule has 0 aliphatic carbocycles. The Bertz CT molecular complexity index is 845. The number of hydrogen-bond acceptors (Lipinski definition) is 4. The van der Waals surface area contributed by atoms with Gasteiger partial charge in [0.1, 0.15) is 5.69 Å². The fraction of sp³-hybridized carbons (Fsp3) is 0.381. The van der Waals surface area contributed by atoms with E-state index in [2.05, 4.69) is 51.3 Å². The summed E-state index contributed by atoms with van der Waals surface area (Å²) >= 11 is 0. The van der Waals surface area contributed by atoms with Gasteiger partial charge in [-0.05, 0) is 50.6 Å². The number of likely N-dealkylation sites (tertiary alicyclic amines) is 1. The van der Waals surface area contributed by atoms with E-state index in [1.54, 1.807) is 6.20 Å². The van der Waals surface area contributed by atoms with Crippen LogP contribution in [0.3, 0.4) is 0 Å². The van der Waals surface area contributed by atoms with Crippen molar-refractivity contribution in [2.24, 2.45) is 7.05 Å². The molecule has 26 heavy (non-hydrogen) atoms. The van der Waals surface area contributed by atoms with Crippen molar-refractivity contribution in [3.8, 4) is 22.8 Å². The number of piperidine rings is 1. The predicted molar refractivity (Wildman–Crippen MR) is 104 cm³/mol. The number of benzene rings is 1. The number of rotatable bonds is 4. The van der Waals surface area contributed by atoms with Crippen LogP contribution in [-0.2, 0) is 7.05 Å². The van der Waals surface area contributed by atoms with Gasteiger partial charge in [0.05, 0.1) is 5.69 Å². The average molecular weight is 347 g/mol. The Morgan fingerprint density at radius 2 is 1.58 bits per heavy atom. The van der Waals surface area contributed by atoms with Gasteiger partial charge in [0.25, 0.3) is 0 Å². The van der Waals surface area contributed by atoms with Crippen molar-refractivity contribution in [3.05, 3.63) is 54.4 Å². The fourth-order valence-electron chi connectivity index (χ4n) is 3.67. The SMILES string of the molecule is C[C@H](c1ccc(-c2ccc(-c3nccn3C)nn2)cc1)N1CCCCC1. The zero-order chi connectivity index (χ0) is 17.9. The molecule has 1 saturated heterocycles. The molecule has 134 valence electrons. The molecular weight excluding hydrogens is 322 g/mol. The highest BCUT2D eigenvalue weighted by molar-refractivity contribution is 5.61. The van der Waals surface area contributed by atoms with Gasteiger partial charge in [0.2, 0.25) is 0 Å². The third-order valence-electron chi connectivity index (χ3n) is 5.34. The monoisotopic (exact) mass is 347 g/mol. The van der Waals surface area contributed by atoms with Gasteiger partial charge in [0.15, 0.2) is 5.82 Å². The quantitative estimate of drug-likeness (QED) is 0.713. The van der Waals surface area contributed by atoms with E-state index in [-0.39, 0.29) is 0 Å². The van der Waals surface area contributed by atoms with E-state index in [1.165, 1.54) is 37.9 Å². The van der Waals surface area contributed by atoms with Crippen LogP contribution in [0.2, 0.25) is 0 Å². The molecule has 1 aromatic carbocycles. The molecule has 1 fully saturated rings. The molecule has 3 heterocycles. The molecule has 0 amide bonds. The topological polar surface area (TPSA) is 46.8 Å². The average Bonchev–Trinajstić information content (AvgIpc) is 3.14. The Balaban J connectivity index is 1.50. The molecule has 1 aliphatic heterocycles. The first-order valence-electron chi connectivity index (χ1n) is 9.38. The van der Waals surface area contributed by atoms with Crippen molar-refractivity contribution in [2.75, 3.05) is 13.1 Å². The standard InChI is InChI=1S/C21H25N5/c1-16(26-13-4-3-5-14-26)17-6-8-18(9-7-17)19-10-11-20(24-23-19)21-22-12-15-25(21)2/h6-12,15-16H,3-5,13-14H2,1-2H3/t16-/m1/s1. The summed E-state index contributed by atoms with van der Waals surface area (Å²) in [4.78, 5) is 6.90. The van der Waals surface area contributed by atoms with Crippen LogP contribution in [0.25, 0.3) is 22.8 Å². The second-order valence-corrected chi connectivity index (χ2v) is 7.06. The Labute approximate surface area is 154 Å². The first-order valence-corrected chi connectivity index (χ1v) is 9.38. The largest absolute Gasteiger partial charge is 0.333 e. The van der Waals surface area contributed by atoms with Crippen LogP contribution < -0.4 is 0 Å². The van der Waals surface area contributed by atoms with Crippen LogP contribution in [0.15, 0.2) is 48.8 Å². The van der Waals surface area contributed by atoms with E-state index in [4.69, 9.17) is 0 Å². The first kappa shape index (κ1) is 16.9. The van der Waals surface area contributed by atoms with E-state index in [9.17, 15) is 0 Å². The molecule has 1 atom stereocenters. The molecule has 2 aromatic heterocycles. The molecule has 5 heteroatoms. The molecule has 0 radical (unpaired) electrons. The van der Waals surface area contributed by atoms with E-state index >= 15 is 0 Å². The molecule has 0 bridgehead atoms. The van der Waals surface area contributed by atoms with Gasteiger partial charge in [0, 0.05) is 31.0 Å². The Morgan fingerprint density at radius 3 is 2.19 bits per heavy atom. The van der Waals surface area contributed by atoms with Crippen molar-refractivity contribution < 1.29 is 0 Å². The molecule has 4 rings (SSSR count). The molecule has 0 spiro atoms. The van der Waals surface area contributed by atoms with Crippen molar-refractivity contribution in [3.63, 3.8) is 0 Å². The number of aromatic nitrogens is 4. The Kier molecular flexibility index (Phi) is 4.80. The van der Waals surface area contributed by atoms with Gasteiger partial charge in [-0.2, -0.15) is 0 Å². The lowest BCUT2D eigenvalue weighted by molar-refractivity contribution is 0.175. The third kappa shape index (κ3) is 3.40. The lowest BCUT2D eigenvalue weighted by Crippen LogP contribution is -2.32. The second-order valence-electron chi connectivity index (χ2n) is 7.06. The van der Waals surface area contributed by atoms with Gasteiger partial charge in [-0.1, -0.05) is 30.7 Å². The summed E-state index contributed by atoms with van der Waals surface area (Å²) in [5.41, 5.74) is 4.14. The summed E-state index contributed by atoms with van der Waals surface area (Å²) in [5, 5.41) is 8.74. The van der Waals surface area contributed by atoms with Gasteiger partial charge in [-0.15, -0.1) is 10.2 Å². The van der Waals surface area contributed by atoms with Crippen LogP contribution in [0.4, 0.5) is 0 Å². The van der Waals surface area contributed by atoms with Gasteiger partial charge < -0.3 is 4.57 Å². The molecule has 0 unspecified atom stereocenters. The Morgan fingerprint density at radius 1 is 0.885 bits per heavy atom. The first-order chi connectivity index (χ1) is 12.7. The highest BCUT2D eigenvalue weighted by Crippen LogP contribution is 2.26. The lowest BCUT2D eigenvalue weighted by Gasteiger charge is -2.32. The van der Waals surface area contributed by atoms with Gasteiger partial charge in [-0.25, -0.2) is 4.98 Å². The molecule has 5 nitrogen and oxygen atoms in total. The number of imidazole rings is 1. The fourth-order valence-corrected chi connectivity index (χ4v) is 3.67. The zero-order valence-electron chi connectivity index (χ0n) is 15.5. The highest BCUT2D eigenvalue weighted by Gasteiger charge is 2.18. The van der Waals surface area contributed by atoms with Crippen LogP contribution in [0.1, 0.15) is 37.8 Å². The molecular formula is C21H25N5. The van der Waals surface area contributed by atoms with Gasteiger partial charge >= 0.3 is 0 Å². The van der Waals surface area contributed by atoms with E-state index < -0.39 is 0 Å². The summed E-state index contributed by atoms with van der Waals surface area (Å²) in [5.74, 6) is 0.828. The highest BCUT2D eigenvalue weighted by atomic mass is 15.2. The smallest absolute Gasteiger partial charge is 0.160 e. The third-order valence-corrected chi connectivity index (χ3v) is 5.34. The maximum absolute atomic E-state index is 4.40. The Hall–Kier alpha value is -2.53. The normalized spacial score (nSPS) is 16.5. The van der Waals surface area contributed by atoms with Crippen LogP contribution in [0.5, 0.6) is 0 Å². The summed E-state index contributed by atoms with van der Waals surface area (Å²) < 4.78 is 1.94. The maximum atomic E-state index is 4.40.